The smallest absolute Gasteiger partial charge is 0.0389 e. The molecule has 1 aromatic carbocycles. The first kappa shape index (κ1) is 16.6. The zero-order valence-corrected chi connectivity index (χ0v) is 12.8. The average molecular weight is 272 g/mol. The molecule has 0 aliphatic carbocycles. The first-order chi connectivity index (χ1) is 9.86. The SMILES string of the molecule is CCCCCCCCCCN=Cc1ccc(C=N)cc1. The fourth-order valence-electron chi connectivity index (χ4n) is 2.19. The van der Waals surface area contributed by atoms with Crippen molar-refractivity contribution in [1.29, 1.82) is 5.41 Å². The number of benzene rings is 1. The van der Waals surface area contributed by atoms with E-state index in [0.29, 0.717) is 0 Å². The summed E-state index contributed by atoms with van der Waals surface area (Å²) in [5, 5.41) is 7.14. The lowest BCUT2D eigenvalue weighted by Crippen LogP contribution is -1.87. The maximum Gasteiger partial charge on any atom is 0.0389 e. The van der Waals surface area contributed by atoms with Crippen LogP contribution in [0, 0.1) is 5.41 Å². The third-order valence-corrected chi connectivity index (χ3v) is 3.48. The van der Waals surface area contributed by atoms with Crippen molar-refractivity contribution < 1.29 is 0 Å². The second kappa shape index (κ2) is 11.4. The van der Waals surface area contributed by atoms with Crippen molar-refractivity contribution in [3.8, 4) is 0 Å². The first-order valence-electron chi connectivity index (χ1n) is 7.97. The van der Waals surface area contributed by atoms with Gasteiger partial charge >= 0.3 is 0 Å². The van der Waals surface area contributed by atoms with Gasteiger partial charge in [0.1, 0.15) is 0 Å². The van der Waals surface area contributed by atoms with Gasteiger partial charge in [-0.05, 0) is 17.5 Å². The fraction of sp³-hybridized carbons (Fsp3) is 0.556. The molecule has 0 atom stereocenters. The summed E-state index contributed by atoms with van der Waals surface area (Å²) in [5.41, 5.74) is 2.06. The van der Waals surface area contributed by atoms with E-state index >= 15 is 0 Å². The Kier molecular flexibility index (Phi) is 9.46. The summed E-state index contributed by atoms with van der Waals surface area (Å²) in [5.74, 6) is 0. The normalized spacial score (nSPS) is 11.1. The van der Waals surface area contributed by atoms with Crippen LogP contribution in [0.25, 0.3) is 0 Å². The van der Waals surface area contributed by atoms with Crippen molar-refractivity contribution in [2.45, 2.75) is 58.3 Å². The molecule has 1 aromatic rings. The van der Waals surface area contributed by atoms with Crippen LogP contribution in [0.4, 0.5) is 0 Å². The molecule has 0 bridgehead atoms. The molecule has 0 fully saturated rings. The Hall–Kier alpha value is -1.44. The molecule has 1 rings (SSSR count). The van der Waals surface area contributed by atoms with E-state index in [1.54, 1.807) is 0 Å². The molecule has 0 saturated carbocycles. The number of hydrogen-bond donors (Lipinski definition) is 1. The molecule has 2 nitrogen and oxygen atoms in total. The molecule has 0 amide bonds. The molecule has 0 spiro atoms. The van der Waals surface area contributed by atoms with E-state index in [0.717, 1.165) is 17.7 Å². The summed E-state index contributed by atoms with van der Waals surface area (Å²) in [7, 11) is 0. The highest BCUT2D eigenvalue weighted by Gasteiger charge is 1.91. The van der Waals surface area contributed by atoms with Gasteiger partial charge in [-0.3, -0.25) is 4.99 Å². The molecule has 0 aliphatic heterocycles. The molecule has 0 unspecified atom stereocenters. The third-order valence-electron chi connectivity index (χ3n) is 3.48. The van der Waals surface area contributed by atoms with Crippen LogP contribution in [0.1, 0.15) is 69.4 Å². The fourth-order valence-corrected chi connectivity index (χ4v) is 2.19. The lowest BCUT2D eigenvalue weighted by molar-refractivity contribution is 0.578. The Balaban J connectivity index is 2.02. The van der Waals surface area contributed by atoms with Crippen LogP contribution < -0.4 is 0 Å². The zero-order valence-electron chi connectivity index (χ0n) is 12.8. The summed E-state index contributed by atoms with van der Waals surface area (Å²) >= 11 is 0. The lowest BCUT2D eigenvalue weighted by Gasteiger charge is -2.00. The Bertz CT molecular complexity index is 379. The van der Waals surface area contributed by atoms with E-state index in [1.807, 2.05) is 30.5 Å². The van der Waals surface area contributed by atoms with E-state index in [9.17, 15) is 0 Å². The molecule has 110 valence electrons. The van der Waals surface area contributed by atoms with Crippen LogP contribution >= 0.6 is 0 Å². The van der Waals surface area contributed by atoms with Gasteiger partial charge in [-0.1, -0.05) is 76.1 Å². The van der Waals surface area contributed by atoms with Gasteiger partial charge in [-0.25, -0.2) is 0 Å². The standard InChI is InChI=1S/C18H28N2/c1-2-3-4-5-6-7-8-9-14-20-16-18-12-10-17(15-19)11-13-18/h10-13,15-16,19H,2-9,14H2,1H3. The number of unbranched alkanes of at least 4 members (excludes halogenated alkanes) is 7. The predicted octanol–water partition coefficient (Wildman–Crippen LogP) is 5.24. The number of nitrogens with zero attached hydrogens (tertiary/aromatic N) is 1. The quantitative estimate of drug-likeness (QED) is 0.422. The van der Waals surface area contributed by atoms with Gasteiger partial charge < -0.3 is 5.41 Å². The van der Waals surface area contributed by atoms with Gasteiger partial charge in [-0.15, -0.1) is 0 Å². The van der Waals surface area contributed by atoms with E-state index < -0.39 is 0 Å². The summed E-state index contributed by atoms with van der Waals surface area (Å²) in [6.07, 6.45) is 14.1. The Morgan fingerprint density at radius 1 is 0.850 bits per heavy atom. The maximum atomic E-state index is 7.14. The maximum absolute atomic E-state index is 7.14. The minimum absolute atomic E-state index is 0.932. The number of aliphatic imine (C=N–C) groups is 1. The Morgan fingerprint density at radius 3 is 2.00 bits per heavy atom. The molecule has 1 N–H and O–H groups in total. The minimum atomic E-state index is 0.932. The van der Waals surface area contributed by atoms with Gasteiger partial charge in [0.2, 0.25) is 0 Å². The molecule has 2 heteroatoms. The summed E-state index contributed by atoms with van der Waals surface area (Å²) in [4.78, 5) is 4.46. The van der Waals surface area contributed by atoms with Crippen LogP contribution in [0.2, 0.25) is 0 Å². The second-order valence-corrected chi connectivity index (χ2v) is 5.32. The van der Waals surface area contributed by atoms with Crippen LogP contribution in [0.5, 0.6) is 0 Å². The third kappa shape index (κ3) is 7.88. The minimum Gasteiger partial charge on any atom is -0.308 e. The average Bonchev–Trinajstić information content (AvgIpc) is 2.50. The molecular weight excluding hydrogens is 244 g/mol. The molecule has 0 saturated heterocycles. The highest BCUT2D eigenvalue weighted by atomic mass is 14.7. The highest BCUT2D eigenvalue weighted by Crippen LogP contribution is 2.08. The molecular formula is C18H28N2. The summed E-state index contributed by atoms with van der Waals surface area (Å²) in [6.45, 7) is 3.19. The van der Waals surface area contributed by atoms with Gasteiger partial charge in [0.05, 0.1) is 0 Å². The first-order valence-corrected chi connectivity index (χ1v) is 7.97. The van der Waals surface area contributed by atoms with Crippen molar-refractivity contribution >= 4 is 12.4 Å². The lowest BCUT2D eigenvalue weighted by atomic mass is 10.1. The van der Waals surface area contributed by atoms with Gasteiger partial charge in [0.25, 0.3) is 0 Å². The number of nitrogens with one attached hydrogen (secondary N) is 1. The molecule has 20 heavy (non-hydrogen) atoms. The van der Waals surface area contributed by atoms with Crippen LogP contribution in [-0.2, 0) is 0 Å². The van der Waals surface area contributed by atoms with E-state index in [4.69, 9.17) is 5.41 Å². The topological polar surface area (TPSA) is 36.2 Å². The molecule has 0 radical (unpaired) electrons. The zero-order chi connectivity index (χ0) is 14.5. The Morgan fingerprint density at radius 2 is 1.40 bits per heavy atom. The number of hydrogen-bond acceptors (Lipinski definition) is 2. The van der Waals surface area contributed by atoms with Crippen molar-refractivity contribution in [3.63, 3.8) is 0 Å². The monoisotopic (exact) mass is 272 g/mol. The Labute approximate surface area is 123 Å². The van der Waals surface area contributed by atoms with Crippen molar-refractivity contribution in [1.82, 2.24) is 0 Å². The van der Waals surface area contributed by atoms with Crippen molar-refractivity contribution in [2.75, 3.05) is 6.54 Å². The van der Waals surface area contributed by atoms with Gasteiger partial charge in [0.15, 0.2) is 0 Å². The largest absolute Gasteiger partial charge is 0.308 e. The van der Waals surface area contributed by atoms with Gasteiger partial charge in [0, 0.05) is 19.0 Å². The summed E-state index contributed by atoms with van der Waals surface area (Å²) in [6, 6.07) is 7.92. The molecule has 0 heterocycles. The van der Waals surface area contributed by atoms with E-state index in [1.165, 1.54) is 57.6 Å². The second-order valence-electron chi connectivity index (χ2n) is 5.32. The van der Waals surface area contributed by atoms with Crippen molar-refractivity contribution in [3.05, 3.63) is 35.4 Å². The van der Waals surface area contributed by atoms with Crippen molar-refractivity contribution in [2.24, 2.45) is 4.99 Å². The van der Waals surface area contributed by atoms with Gasteiger partial charge in [-0.2, -0.15) is 0 Å². The van der Waals surface area contributed by atoms with Crippen LogP contribution in [-0.4, -0.2) is 19.0 Å². The highest BCUT2D eigenvalue weighted by molar-refractivity contribution is 5.82. The predicted molar refractivity (Wildman–Crippen MR) is 89.4 cm³/mol. The van der Waals surface area contributed by atoms with Crippen LogP contribution in [0.3, 0.4) is 0 Å². The summed E-state index contributed by atoms with van der Waals surface area (Å²) < 4.78 is 0. The molecule has 0 aromatic heterocycles. The number of rotatable bonds is 11. The van der Waals surface area contributed by atoms with Crippen LogP contribution in [0.15, 0.2) is 29.3 Å². The van der Waals surface area contributed by atoms with E-state index in [-0.39, 0.29) is 0 Å². The molecule has 0 aliphatic rings. The van der Waals surface area contributed by atoms with E-state index in [2.05, 4.69) is 11.9 Å².